The molecule has 6 aromatic rings. The van der Waals surface area contributed by atoms with Crippen molar-refractivity contribution in [1.82, 2.24) is 9.38 Å². The number of benzene rings is 4. The highest BCUT2D eigenvalue weighted by atomic mass is 16.1. The third-order valence-corrected chi connectivity index (χ3v) is 8.78. The predicted molar refractivity (Wildman–Crippen MR) is 165 cm³/mol. The zero-order valence-electron chi connectivity index (χ0n) is 22.3. The monoisotopic (exact) mass is 516 g/mol. The van der Waals surface area contributed by atoms with Gasteiger partial charge in [0, 0.05) is 34.1 Å². The molecule has 4 aromatic carbocycles. The Labute approximate surface area is 232 Å². The van der Waals surface area contributed by atoms with E-state index in [-0.39, 0.29) is 11.5 Å². The fourth-order valence-electron chi connectivity index (χ4n) is 6.81. The van der Waals surface area contributed by atoms with Crippen molar-refractivity contribution in [3.8, 4) is 11.1 Å². The maximum absolute atomic E-state index is 14.3. The lowest BCUT2D eigenvalue weighted by Crippen LogP contribution is -2.20. The van der Waals surface area contributed by atoms with E-state index < -0.39 is 0 Å². The minimum absolute atomic E-state index is 0.0192. The van der Waals surface area contributed by atoms with Gasteiger partial charge in [-0.05, 0) is 46.1 Å². The van der Waals surface area contributed by atoms with Gasteiger partial charge in [-0.2, -0.15) is 0 Å². The second-order valence-corrected chi connectivity index (χ2v) is 11.1. The molecule has 3 heteroatoms. The van der Waals surface area contributed by atoms with Gasteiger partial charge in [-0.25, -0.2) is 4.98 Å². The van der Waals surface area contributed by atoms with Crippen LogP contribution < -0.4 is 5.56 Å². The number of rotatable bonds is 3. The van der Waals surface area contributed by atoms with Gasteiger partial charge in [0.15, 0.2) is 0 Å². The van der Waals surface area contributed by atoms with Gasteiger partial charge in [0.1, 0.15) is 5.65 Å². The predicted octanol–water partition coefficient (Wildman–Crippen LogP) is 8.35. The number of allylic oxidation sites excluding steroid dienone is 6. The maximum Gasteiger partial charge on any atom is 0.264 e. The molecular formula is C37H28N2O. The van der Waals surface area contributed by atoms with E-state index in [1.807, 2.05) is 16.5 Å². The van der Waals surface area contributed by atoms with Gasteiger partial charge in [-0.15, -0.1) is 0 Å². The van der Waals surface area contributed by atoms with Crippen LogP contribution in [0.4, 0.5) is 0 Å². The highest BCUT2D eigenvalue weighted by Gasteiger charge is 2.31. The molecule has 0 spiro atoms. The highest BCUT2D eigenvalue weighted by Crippen LogP contribution is 2.43. The van der Waals surface area contributed by atoms with Crippen molar-refractivity contribution in [2.45, 2.75) is 25.7 Å². The molecule has 2 aliphatic rings. The molecule has 0 bridgehead atoms. The molecule has 2 heterocycles. The summed E-state index contributed by atoms with van der Waals surface area (Å²) in [5, 5.41) is 3.87. The summed E-state index contributed by atoms with van der Waals surface area (Å²) in [6.07, 6.45) is 10.8. The summed E-state index contributed by atoms with van der Waals surface area (Å²) in [4.78, 5) is 19.6. The first-order valence-electron chi connectivity index (χ1n) is 14.1. The van der Waals surface area contributed by atoms with Crippen molar-refractivity contribution in [3.05, 3.63) is 148 Å². The first-order chi connectivity index (χ1) is 19.7. The third kappa shape index (κ3) is 3.37. The van der Waals surface area contributed by atoms with Crippen LogP contribution in [0.25, 0.3) is 43.9 Å². The molecular weight excluding hydrogens is 488 g/mol. The lowest BCUT2D eigenvalue weighted by atomic mass is 9.79. The molecule has 0 aliphatic heterocycles. The Morgan fingerprint density at radius 1 is 0.825 bits per heavy atom. The second kappa shape index (κ2) is 8.89. The minimum atomic E-state index is 0.0192. The summed E-state index contributed by atoms with van der Waals surface area (Å²) in [5.41, 5.74) is 8.77. The molecule has 192 valence electrons. The van der Waals surface area contributed by atoms with Gasteiger partial charge in [-0.3, -0.25) is 9.20 Å². The van der Waals surface area contributed by atoms with Crippen molar-refractivity contribution in [2.75, 3.05) is 0 Å². The number of hydrogen-bond acceptors (Lipinski definition) is 2. The molecule has 2 aliphatic carbocycles. The zero-order valence-corrected chi connectivity index (χ0v) is 22.3. The third-order valence-electron chi connectivity index (χ3n) is 8.78. The van der Waals surface area contributed by atoms with Crippen molar-refractivity contribution in [2.24, 2.45) is 5.92 Å². The molecule has 2 aromatic heterocycles. The SMILES string of the molecule is CC1CC=CC=C1C1=CC(c2ccccc2)Cc2c1nc1c3cccc4c(-c5ccccc5)ccc(c(=O)n21)c43. The second-order valence-electron chi connectivity index (χ2n) is 11.1. The minimum Gasteiger partial charge on any atom is -0.268 e. The Morgan fingerprint density at radius 3 is 2.40 bits per heavy atom. The zero-order chi connectivity index (χ0) is 26.8. The Kier molecular flexibility index (Phi) is 5.15. The quantitative estimate of drug-likeness (QED) is 0.237. The molecule has 0 saturated carbocycles. The molecule has 8 rings (SSSR count). The van der Waals surface area contributed by atoms with Crippen LogP contribution in [0.3, 0.4) is 0 Å². The number of imidazole rings is 1. The average Bonchev–Trinajstić information content (AvgIpc) is 3.40. The summed E-state index contributed by atoms with van der Waals surface area (Å²) >= 11 is 0. The smallest absolute Gasteiger partial charge is 0.264 e. The highest BCUT2D eigenvalue weighted by molar-refractivity contribution is 6.18. The number of fused-ring (bicyclic) bond motifs is 4. The van der Waals surface area contributed by atoms with Crippen LogP contribution in [0.15, 0.2) is 126 Å². The van der Waals surface area contributed by atoms with Crippen LogP contribution in [0.2, 0.25) is 0 Å². The van der Waals surface area contributed by atoms with Crippen LogP contribution in [0, 0.1) is 5.92 Å². The summed E-state index contributed by atoms with van der Waals surface area (Å²) < 4.78 is 1.92. The largest absolute Gasteiger partial charge is 0.268 e. The van der Waals surface area contributed by atoms with Crippen molar-refractivity contribution < 1.29 is 0 Å². The molecule has 0 fully saturated rings. The Balaban J connectivity index is 1.44. The molecule has 0 N–H and O–H groups in total. The molecule has 2 unspecified atom stereocenters. The molecule has 40 heavy (non-hydrogen) atoms. The van der Waals surface area contributed by atoms with Crippen LogP contribution in [0.1, 0.15) is 36.2 Å². The molecule has 2 atom stereocenters. The Bertz CT molecular complexity index is 2080. The number of pyridine rings is 1. The van der Waals surface area contributed by atoms with Crippen molar-refractivity contribution >= 4 is 32.8 Å². The lowest BCUT2D eigenvalue weighted by molar-refractivity contribution is 0.701. The van der Waals surface area contributed by atoms with Crippen LogP contribution in [0.5, 0.6) is 0 Å². The summed E-state index contributed by atoms with van der Waals surface area (Å²) in [5.74, 6) is 0.566. The van der Waals surface area contributed by atoms with E-state index in [0.717, 1.165) is 62.5 Å². The van der Waals surface area contributed by atoms with E-state index in [1.165, 1.54) is 16.7 Å². The Hall–Kier alpha value is -4.76. The van der Waals surface area contributed by atoms with E-state index >= 15 is 0 Å². The number of aromatic nitrogens is 2. The van der Waals surface area contributed by atoms with Gasteiger partial charge < -0.3 is 0 Å². The molecule has 3 nitrogen and oxygen atoms in total. The van der Waals surface area contributed by atoms with E-state index in [1.54, 1.807) is 0 Å². The van der Waals surface area contributed by atoms with E-state index in [4.69, 9.17) is 4.98 Å². The Morgan fingerprint density at radius 2 is 1.60 bits per heavy atom. The van der Waals surface area contributed by atoms with Crippen LogP contribution in [-0.2, 0) is 6.42 Å². The average molecular weight is 517 g/mol. The number of hydrogen-bond donors (Lipinski definition) is 0. The van der Waals surface area contributed by atoms with Gasteiger partial charge in [0.25, 0.3) is 5.56 Å². The van der Waals surface area contributed by atoms with E-state index in [2.05, 4.69) is 110 Å². The molecule has 0 amide bonds. The van der Waals surface area contributed by atoms with Crippen LogP contribution in [-0.4, -0.2) is 9.38 Å². The number of nitrogens with zero attached hydrogens (tertiary/aromatic N) is 2. The van der Waals surface area contributed by atoms with Crippen molar-refractivity contribution in [1.29, 1.82) is 0 Å². The first-order valence-corrected chi connectivity index (χ1v) is 14.1. The summed E-state index contributed by atoms with van der Waals surface area (Å²) in [6.45, 7) is 2.28. The fraction of sp³-hybridized carbons (Fsp3) is 0.135. The fourth-order valence-corrected chi connectivity index (χ4v) is 6.81. The van der Waals surface area contributed by atoms with Gasteiger partial charge >= 0.3 is 0 Å². The van der Waals surface area contributed by atoms with Gasteiger partial charge in [0.2, 0.25) is 0 Å². The standard InChI is InChI=1S/C37H28N2O/c1-23-11-8-9-16-27(23)32-21-26(24-12-4-2-5-13-24)22-33-35(32)38-36-30-18-10-17-29-28(25-14-6-3-7-15-25)19-20-31(34(29)30)37(40)39(33)36/h2-10,12-21,23,26H,11,22H2,1H3. The van der Waals surface area contributed by atoms with Crippen LogP contribution >= 0.6 is 0 Å². The topological polar surface area (TPSA) is 34.4 Å². The first kappa shape index (κ1) is 23.2. The lowest BCUT2D eigenvalue weighted by Gasteiger charge is -2.26. The van der Waals surface area contributed by atoms with Crippen molar-refractivity contribution in [3.63, 3.8) is 0 Å². The maximum atomic E-state index is 14.3. The summed E-state index contributed by atoms with van der Waals surface area (Å²) in [7, 11) is 0. The summed E-state index contributed by atoms with van der Waals surface area (Å²) in [6, 6.07) is 31.5. The molecule has 0 radical (unpaired) electrons. The normalized spacial score (nSPS) is 18.7. The van der Waals surface area contributed by atoms with Gasteiger partial charge in [0.05, 0.1) is 11.4 Å². The van der Waals surface area contributed by atoms with E-state index in [9.17, 15) is 4.79 Å². The van der Waals surface area contributed by atoms with E-state index in [0.29, 0.717) is 5.92 Å². The molecule has 0 saturated heterocycles. The van der Waals surface area contributed by atoms with Gasteiger partial charge in [-0.1, -0.05) is 116 Å².